The van der Waals surface area contributed by atoms with E-state index in [1.165, 1.54) is 6.92 Å². The van der Waals surface area contributed by atoms with Crippen molar-refractivity contribution in [2.75, 3.05) is 19.8 Å². The summed E-state index contributed by atoms with van der Waals surface area (Å²) >= 11 is 0. The number of rotatable bonds is 9. The Labute approximate surface area is 378 Å². The number of aliphatic hydroxyl groups is 10. The van der Waals surface area contributed by atoms with Crippen LogP contribution in [0.1, 0.15) is 120 Å². The molecule has 23 atom stereocenters. The normalized spacial score (nSPS) is 54.7. The number of ether oxygens (including phenoxy) is 6. The van der Waals surface area contributed by atoms with E-state index in [-0.39, 0.29) is 39.6 Å². The van der Waals surface area contributed by atoms with Crippen molar-refractivity contribution in [2.24, 2.45) is 50.2 Å². The molecule has 7 fully saturated rings. The van der Waals surface area contributed by atoms with Gasteiger partial charge in [0.1, 0.15) is 67.1 Å². The molecule has 0 amide bonds. The minimum atomic E-state index is -1.72. The fourth-order valence-corrected chi connectivity index (χ4v) is 15.0. The van der Waals surface area contributed by atoms with Gasteiger partial charge in [-0.2, -0.15) is 0 Å². The van der Waals surface area contributed by atoms with Crippen molar-refractivity contribution < 1.29 is 79.5 Å². The minimum Gasteiger partial charge on any atom is -0.396 e. The summed E-state index contributed by atoms with van der Waals surface area (Å²) in [7, 11) is 0. The molecule has 3 saturated heterocycles. The van der Waals surface area contributed by atoms with Crippen molar-refractivity contribution in [3.05, 3.63) is 11.6 Å². The Hall–Kier alpha value is -0.900. The maximum absolute atomic E-state index is 11.8. The third-order valence-electron chi connectivity index (χ3n) is 19.4. The molecule has 16 nitrogen and oxygen atoms in total. The van der Waals surface area contributed by atoms with E-state index in [0.717, 1.165) is 57.8 Å². The molecular formula is C48H80O16. The first-order chi connectivity index (χ1) is 29.9. The minimum absolute atomic E-state index is 0.00911. The molecule has 16 heteroatoms. The Morgan fingerprint density at radius 1 is 0.625 bits per heavy atom. The maximum Gasteiger partial charge on any atom is 0.187 e. The summed E-state index contributed by atoms with van der Waals surface area (Å²) in [5, 5.41) is 107. The van der Waals surface area contributed by atoms with Gasteiger partial charge in [-0.1, -0.05) is 60.1 Å². The van der Waals surface area contributed by atoms with Crippen molar-refractivity contribution in [1.82, 2.24) is 0 Å². The van der Waals surface area contributed by atoms with Crippen LogP contribution in [0.2, 0.25) is 0 Å². The lowest BCUT2D eigenvalue weighted by Gasteiger charge is -2.71. The van der Waals surface area contributed by atoms with Gasteiger partial charge in [0.25, 0.3) is 0 Å². The van der Waals surface area contributed by atoms with E-state index >= 15 is 0 Å². The SMILES string of the molecule is C[C@@H]1O[C@@H](O[C@H]2[C@H](O[C@H]3CC[C@]4(C)[C@H]5CC=C6[C@@H]7CC(C)(C)CC[C@]7(CO)CC[C@@]6(C)[C@]5(C)CC[C@H]4C3(C)C)O[C@H](CO[C@@H]3O[C@H](CO)[C@@H](O)[C@H](O)[C@H]3O)[C@@H](O)[C@@H]2O)[C@H](O)[C@H](O)[C@H]1O. The highest BCUT2D eigenvalue weighted by molar-refractivity contribution is 5.34. The van der Waals surface area contributed by atoms with Crippen LogP contribution in [0.15, 0.2) is 11.6 Å². The van der Waals surface area contributed by atoms with Crippen LogP contribution in [-0.4, -0.2) is 169 Å². The summed E-state index contributed by atoms with van der Waals surface area (Å²) in [4.78, 5) is 0. The summed E-state index contributed by atoms with van der Waals surface area (Å²) in [6.45, 7) is 17.4. The molecule has 3 aliphatic heterocycles. The second-order valence-electron chi connectivity index (χ2n) is 23.6. The van der Waals surface area contributed by atoms with Crippen LogP contribution >= 0.6 is 0 Å². The van der Waals surface area contributed by atoms with Crippen LogP contribution in [-0.2, 0) is 28.4 Å². The second-order valence-corrected chi connectivity index (χ2v) is 23.6. The maximum atomic E-state index is 11.8. The molecule has 0 aromatic rings. The van der Waals surface area contributed by atoms with Crippen LogP contribution in [0.25, 0.3) is 0 Å². The predicted molar refractivity (Wildman–Crippen MR) is 229 cm³/mol. The summed E-state index contributed by atoms with van der Waals surface area (Å²) in [5.74, 6) is 1.02. The van der Waals surface area contributed by atoms with Gasteiger partial charge in [-0.15, -0.1) is 0 Å². The van der Waals surface area contributed by atoms with Crippen LogP contribution in [0, 0.1) is 50.2 Å². The van der Waals surface area contributed by atoms with E-state index < -0.39 is 117 Å². The highest BCUT2D eigenvalue weighted by Crippen LogP contribution is 2.76. The lowest BCUT2D eigenvalue weighted by atomic mass is 9.33. The van der Waals surface area contributed by atoms with Crippen LogP contribution in [0.3, 0.4) is 0 Å². The fourth-order valence-electron chi connectivity index (χ4n) is 15.0. The largest absolute Gasteiger partial charge is 0.396 e. The highest BCUT2D eigenvalue weighted by atomic mass is 16.8. The Balaban J connectivity index is 1.04. The zero-order valence-corrected chi connectivity index (χ0v) is 39.2. The molecule has 10 N–H and O–H groups in total. The van der Waals surface area contributed by atoms with Crippen LogP contribution in [0.5, 0.6) is 0 Å². The van der Waals surface area contributed by atoms with Gasteiger partial charge in [-0.3, -0.25) is 0 Å². The quantitative estimate of drug-likeness (QED) is 0.117. The van der Waals surface area contributed by atoms with Crippen molar-refractivity contribution in [1.29, 1.82) is 0 Å². The Morgan fingerprint density at radius 3 is 1.95 bits per heavy atom. The van der Waals surface area contributed by atoms with E-state index in [9.17, 15) is 51.1 Å². The molecule has 3 heterocycles. The zero-order chi connectivity index (χ0) is 46.7. The fraction of sp³-hybridized carbons (Fsp3) is 0.958. The molecule has 8 rings (SSSR count). The van der Waals surface area contributed by atoms with E-state index in [2.05, 4.69) is 54.5 Å². The number of fused-ring (bicyclic) bond motifs is 7. The molecule has 368 valence electrons. The van der Waals surface area contributed by atoms with Crippen molar-refractivity contribution in [3.8, 4) is 0 Å². The first-order valence-corrected chi connectivity index (χ1v) is 24.2. The van der Waals surface area contributed by atoms with Gasteiger partial charge >= 0.3 is 0 Å². The van der Waals surface area contributed by atoms with Crippen LogP contribution < -0.4 is 0 Å². The van der Waals surface area contributed by atoms with E-state index in [4.69, 9.17) is 28.4 Å². The molecule has 0 bridgehead atoms. The van der Waals surface area contributed by atoms with E-state index in [1.54, 1.807) is 5.57 Å². The van der Waals surface area contributed by atoms with Crippen molar-refractivity contribution in [3.63, 3.8) is 0 Å². The van der Waals surface area contributed by atoms with E-state index in [1.807, 2.05) is 0 Å². The smallest absolute Gasteiger partial charge is 0.187 e. The second kappa shape index (κ2) is 17.5. The number of hydrogen-bond acceptors (Lipinski definition) is 16. The molecule has 8 aliphatic rings. The van der Waals surface area contributed by atoms with Gasteiger partial charge in [-0.05, 0) is 116 Å². The molecule has 0 radical (unpaired) electrons. The van der Waals surface area contributed by atoms with Gasteiger partial charge in [0.15, 0.2) is 18.9 Å². The molecule has 64 heavy (non-hydrogen) atoms. The monoisotopic (exact) mass is 913 g/mol. The van der Waals surface area contributed by atoms with Crippen LogP contribution in [0.4, 0.5) is 0 Å². The third kappa shape index (κ3) is 7.81. The van der Waals surface area contributed by atoms with Gasteiger partial charge in [0.2, 0.25) is 0 Å². The standard InChI is InChI=1S/C48H80O16/c1-23-31(51)34(54)38(58)41(60-23)64-39-36(56)33(53)27(21-59-40-37(57)35(55)32(52)26(20-49)61-40)62-42(39)63-30-12-13-45(6)28(44(30,4)5)11-14-47(8)29(45)10-9-24-25-19-43(2,3)15-17-48(25,22-50)18-16-46(24,47)7/h9,23,25-42,49-58H,10-22H2,1-8H3/t23-,25-,26+,27+,28-,29+,30-,31-,32+,33+,34+,35-,36-,37+,38+,39+,40+,41-,42-,45-,46+,47+,48+/m0/s1. The first kappa shape index (κ1) is 49.5. The summed E-state index contributed by atoms with van der Waals surface area (Å²) in [6, 6.07) is 0. The Morgan fingerprint density at radius 2 is 1.27 bits per heavy atom. The average molecular weight is 913 g/mol. The molecule has 0 aromatic heterocycles. The van der Waals surface area contributed by atoms with Gasteiger partial charge < -0.3 is 79.5 Å². The molecule has 5 aliphatic carbocycles. The summed E-state index contributed by atoms with van der Waals surface area (Å²) in [6.07, 6.45) is -10.5. The number of aliphatic hydroxyl groups excluding tert-OH is 10. The zero-order valence-electron chi connectivity index (χ0n) is 39.2. The molecule has 0 spiro atoms. The molecule has 0 aromatic carbocycles. The lowest BCUT2D eigenvalue weighted by molar-refractivity contribution is -0.381. The lowest BCUT2D eigenvalue weighted by Crippen LogP contribution is -2.67. The number of allylic oxidation sites excluding steroid dienone is 2. The van der Waals surface area contributed by atoms with Gasteiger partial charge in [0.05, 0.1) is 25.4 Å². The van der Waals surface area contributed by atoms with Crippen molar-refractivity contribution in [2.45, 2.75) is 218 Å². The summed E-state index contributed by atoms with van der Waals surface area (Å²) in [5.41, 5.74) is 1.36. The summed E-state index contributed by atoms with van der Waals surface area (Å²) < 4.78 is 36.6. The van der Waals surface area contributed by atoms with Gasteiger partial charge in [-0.25, -0.2) is 0 Å². The molecular weight excluding hydrogens is 833 g/mol. The first-order valence-electron chi connectivity index (χ1n) is 24.2. The Bertz CT molecular complexity index is 1690. The Kier molecular flexibility index (Phi) is 13.5. The average Bonchev–Trinajstić information content (AvgIpc) is 3.24. The number of hydrogen-bond donors (Lipinski definition) is 10. The van der Waals surface area contributed by atoms with E-state index in [0.29, 0.717) is 18.3 Å². The van der Waals surface area contributed by atoms with Gasteiger partial charge in [0, 0.05) is 12.0 Å². The highest BCUT2D eigenvalue weighted by Gasteiger charge is 2.69. The topological polar surface area (TPSA) is 258 Å². The van der Waals surface area contributed by atoms with Crippen molar-refractivity contribution >= 4 is 0 Å². The molecule has 4 saturated carbocycles. The third-order valence-corrected chi connectivity index (χ3v) is 19.4. The predicted octanol–water partition coefficient (Wildman–Crippen LogP) is 1.64. The molecule has 0 unspecified atom stereocenters.